The van der Waals surface area contributed by atoms with Crippen LogP contribution in [0.25, 0.3) is 0 Å². The Kier molecular flexibility index (Phi) is 4.93. The first-order valence-electron chi connectivity index (χ1n) is 6.49. The Morgan fingerprint density at radius 1 is 1.00 bits per heavy atom. The Morgan fingerprint density at radius 3 is 2.38 bits per heavy atom. The number of rotatable bonds is 6. The SMILES string of the molecule is [NH]C(=O)c1ccccc1NC(=O)CCOc1ccccc1. The van der Waals surface area contributed by atoms with Crippen LogP contribution in [0.15, 0.2) is 54.6 Å². The Morgan fingerprint density at radius 2 is 1.67 bits per heavy atom. The quantitative estimate of drug-likeness (QED) is 0.884. The van der Waals surface area contributed by atoms with Gasteiger partial charge in [0.2, 0.25) is 5.91 Å². The third-order valence-corrected chi connectivity index (χ3v) is 2.79. The van der Waals surface area contributed by atoms with Gasteiger partial charge in [0.15, 0.2) is 0 Å². The van der Waals surface area contributed by atoms with Crippen molar-refractivity contribution in [2.75, 3.05) is 11.9 Å². The van der Waals surface area contributed by atoms with Crippen LogP contribution in [0, 0.1) is 0 Å². The molecule has 5 heteroatoms. The molecule has 0 spiro atoms. The molecule has 0 bridgehead atoms. The number of carbonyl (C=O) groups excluding carboxylic acids is 2. The van der Waals surface area contributed by atoms with Crippen LogP contribution in [0.2, 0.25) is 0 Å². The zero-order valence-electron chi connectivity index (χ0n) is 11.3. The first-order valence-corrected chi connectivity index (χ1v) is 6.49. The number of hydrogen-bond acceptors (Lipinski definition) is 3. The number of ether oxygens (including phenoxy) is 1. The molecule has 0 atom stereocenters. The number of nitrogens with one attached hydrogen (secondary N) is 2. The zero-order valence-corrected chi connectivity index (χ0v) is 11.3. The van der Waals surface area contributed by atoms with Crippen LogP contribution in [-0.2, 0) is 4.79 Å². The van der Waals surface area contributed by atoms with E-state index < -0.39 is 5.91 Å². The normalized spacial score (nSPS) is 9.90. The fraction of sp³-hybridized carbons (Fsp3) is 0.125. The summed E-state index contributed by atoms with van der Waals surface area (Å²) in [5.74, 6) is -0.391. The molecule has 2 aromatic rings. The van der Waals surface area contributed by atoms with Crippen molar-refractivity contribution in [3.05, 3.63) is 60.2 Å². The summed E-state index contributed by atoms with van der Waals surface area (Å²) in [5, 5.41) is 2.62. The fourth-order valence-corrected chi connectivity index (χ4v) is 1.78. The maximum Gasteiger partial charge on any atom is 0.271 e. The molecule has 2 N–H and O–H groups in total. The third-order valence-electron chi connectivity index (χ3n) is 2.79. The van der Waals surface area contributed by atoms with E-state index in [9.17, 15) is 9.59 Å². The fourth-order valence-electron chi connectivity index (χ4n) is 1.78. The second kappa shape index (κ2) is 7.09. The predicted octanol–water partition coefficient (Wildman–Crippen LogP) is 2.52. The molecule has 21 heavy (non-hydrogen) atoms. The standard InChI is InChI=1S/C16H15N2O3/c17-16(20)13-8-4-5-9-14(13)18-15(19)10-11-21-12-6-2-1-3-7-12/h1-9,17H,10-11H2,(H,18,19). The van der Waals surface area contributed by atoms with Gasteiger partial charge in [-0.15, -0.1) is 0 Å². The minimum Gasteiger partial charge on any atom is -0.493 e. The Bertz CT molecular complexity index is 626. The molecule has 2 rings (SSSR count). The van der Waals surface area contributed by atoms with Crippen molar-refractivity contribution in [3.63, 3.8) is 0 Å². The number of benzene rings is 2. The van der Waals surface area contributed by atoms with E-state index in [0.29, 0.717) is 11.4 Å². The lowest BCUT2D eigenvalue weighted by Crippen LogP contribution is -2.17. The van der Waals surface area contributed by atoms with Crippen LogP contribution in [0.5, 0.6) is 5.75 Å². The second-order valence-corrected chi connectivity index (χ2v) is 4.33. The van der Waals surface area contributed by atoms with Gasteiger partial charge in [-0.05, 0) is 24.3 Å². The molecule has 0 aliphatic carbocycles. The Balaban J connectivity index is 1.86. The van der Waals surface area contributed by atoms with Gasteiger partial charge in [0, 0.05) is 0 Å². The maximum atomic E-state index is 11.8. The van der Waals surface area contributed by atoms with E-state index in [1.165, 1.54) is 6.07 Å². The molecule has 2 amide bonds. The molecule has 2 aromatic carbocycles. The van der Waals surface area contributed by atoms with Crippen LogP contribution in [0.3, 0.4) is 0 Å². The van der Waals surface area contributed by atoms with Gasteiger partial charge in [-0.1, -0.05) is 30.3 Å². The summed E-state index contributed by atoms with van der Waals surface area (Å²) in [4.78, 5) is 23.0. The highest BCUT2D eigenvalue weighted by Gasteiger charge is 2.10. The van der Waals surface area contributed by atoms with Crippen molar-refractivity contribution in [1.29, 1.82) is 0 Å². The van der Waals surface area contributed by atoms with Gasteiger partial charge in [0.05, 0.1) is 24.3 Å². The van der Waals surface area contributed by atoms with Gasteiger partial charge in [-0.2, -0.15) is 0 Å². The van der Waals surface area contributed by atoms with Crippen molar-refractivity contribution < 1.29 is 14.3 Å². The van der Waals surface area contributed by atoms with Gasteiger partial charge in [-0.25, -0.2) is 0 Å². The highest BCUT2D eigenvalue weighted by Crippen LogP contribution is 2.15. The highest BCUT2D eigenvalue weighted by molar-refractivity contribution is 6.02. The van der Waals surface area contributed by atoms with Crippen LogP contribution in [-0.4, -0.2) is 18.4 Å². The largest absolute Gasteiger partial charge is 0.493 e. The minimum atomic E-state index is -0.827. The lowest BCUT2D eigenvalue weighted by Gasteiger charge is -2.09. The van der Waals surface area contributed by atoms with E-state index in [2.05, 4.69) is 5.32 Å². The molecule has 5 nitrogen and oxygen atoms in total. The van der Waals surface area contributed by atoms with E-state index >= 15 is 0 Å². The summed E-state index contributed by atoms with van der Waals surface area (Å²) >= 11 is 0. The number of para-hydroxylation sites is 2. The summed E-state index contributed by atoms with van der Waals surface area (Å²) < 4.78 is 5.43. The van der Waals surface area contributed by atoms with Gasteiger partial charge in [0.1, 0.15) is 5.75 Å². The first-order chi connectivity index (χ1) is 10.2. The van der Waals surface area contributed by atoms with E-state index in [4.69, 9.17) is 10.5 Å². The van der Waals surface area contributed by atoms with Gasteiger partial charge >= 0.3 is 0 Å². The van der Waals surface area contributed by atoms with Crippen LogP contribution < -0.4 is 15.8 Å². The number of hydrogen-bond donors (Lipinski definition) is 1. The van der Waals surface area contributed by atoms with Crippen molar-refractivity contribution in [1.82, 2.24) is 5.73 Å². The van der Waals surface area contributed by atoms with E-state index in [-0.39, 0.29) is 24.5 Å². The molecule has 0 saturated carbocycles. The Hall–Kier alpha value is -2.82. The molecule has 0 fully saturated rings. The molecule has 0 heterocycles. The number of anilines is 1. The van der Waals surface area contributed by atoms with Crippen LogP contribution >= 0.6 is 0 Å². The predicted molar refractivity (Wildman–Crippen MR) is 79.1 cm³/mol. The molecule has 1 radical (unpaired) electrons. The smallest absolute Gasteiger partial charge is 0.271 e. The monoisotopic (exact) mass is 283 g/mol. The van der Waals surface area contributed by atoms with Gasteiger partial charge in [0.25, 0.3) is 5.91 Å². The van der Waals surface area contributed by atoms with E-state index in [1.807, 2.05) is 30.3 Å². The lowest BCUT2D eigenvalue weighted by molar-refractivity contribution is -0.116. The summed E-state index contributed by atoms with van der Waals surface area (Å²) in [6, 6.07) is 15.7. The molecule has 0 aromatic heterocycles. The summed E-state index contributed by atoms with van der Waals surface area (Å²) in [5.41, 5.74) is 7.66. The highest BCUT2D eigenvalue weighted by atomic mass is 16.5. The maximum absolute atomic E-state index is 11.8. The Labute approximate surface area is 122 Å². The topological polar surface area (TPSA) is 79.2 Å². The summed E-state index contributed by atoms with van der Waals surface area (Å²) in [7, 11) is 0. The van der Waals surface area contributed by atoms with Crippen molar-refractivity contribution in [3.8, 4) is 5.75 Å². The first kappa shape index (κ1) is 14.6. The molecular weight excluding hydrogens is 268 g/mol. The van der Waals surface area contributed by atoms with E-state index in [0.717, 1.165) is 0 Å². The molecule has 0 unspecified atom stereocenters. The zero-order chi connectivity index (χ0) is 15.1. The molecule has 0 aliphatic rings. The van der Waals surface area contributed by atoms with Crippen molar-refractivity contribution in [2.45, 2.75) is 6.42 Å². The van der Waals surface area contributed by atoms with Crippen LogP contribution in [0.4, 0.5) is 5.69 Å². The second-order valence-electron chi connectivity index (χ2n) is 4.33. The van der Waals surface area contributed by atoms with E-state index in [1.54, 1.807) is 18.2 Å². The molecule has 0 saturated heterocycles. The average Bonchev–Trinajstić information content (AvgIpc) is 2.48. The van der Waals surface area contributed by atoms with Crippen LogP contribution in [0.1, 0.15) is 16.8 Å². The van der Waals surface area contributed by atoms with Gasteiger partial charge < -0.3 is 10.1 Å². The molecular formula is C16H15N2O3. The average molecular weight is 283 g/mol. The summed E-state index contributed by atoms with van der Waals surface area (Å²) in [6.45, 7) is 0.243. The van der Waals surface area contributed by atoms with Crippen molar-refractivity contribution >= 4 is 17.5 Å². The lowest BCUT2D eigenvalue weighted by atomic mass is 10.1. The molecule has 0 aliphatic heterocycles. The third kappa shape index (κ3) is 4.35. The number of amides is 2. The van der Waals surface area contributed by atoms with Crippen molar-refractivity contribution in [2.24, 2.45) is 0 Å². The molecule has 107 valence electrons. The number of carbonyl (C=O) groups is 2. The van der Waals surface area contributed by atoms with Gasteiger partial charge in [-0.3, -0.25) is 15.3 Å². The summed E-state index contributed by atoms with van der Waals surface area (Å²) in [6.07, 6.45) is 0.162. The minimum absolute atomic E-state index is 0.162.